The van der Waals surface area contributed by atoms with Crippen molar-refractivity contribution in [3.05, 3.63) is 35.4 Å². The molecule has 0 saturated heterocycles. The number of rotatable bonds is 8. The first-order valence-corrected chi connectivity index (χ1v) is 8.05. The fourth-order valence-corrected chi connectivity index (χ4v) is 2.31. The van der Waals surface area contributed by atoms with Gasteiger partial charge in [-0.15, -0.1) is 0 Å². The molecule has 0 radical (unpaired) electrons. The molecule has 0 aliphatic heterocycles. The molecule has 0 fully saturated rings. The summed E-state index contributed by atoms with van der Waals surface area (Å²) in [6, 6.07) is 5.80. The third-order valence-electron chi connectivity index (χ3n) is 3.50. The van der Waals surface area contributed by atoms with Gasteiger partial charge in [0, 0.05) is 24.7 Å². The number of benzene rings is 1. The van der Waals surface area contributed by atoms with Gasteiger partial charge in [-0.25, -0.2) is 0 Å². The molecule has 0 unspecified atom stereocenters. The summed E-state index contributed by atoms with van der Waals surface area (Å²) in [6.07, 6.45) is 3.47. The lowest BCUT2D eigenvalue weighted by Crippen LogP contribution is -2.34. The topological polar surface area (TPSA) is 55.8 Å². The first-order valence-electron chi connectivity index (χ1n) is 8.05. The molecule has 1 rings (SSSR count). The zero-order valence-corrected chi connectivity index (χ0v) is 15.2. The molecule has 0 aliphatic carbocycles. The molecular formula is C19H27NO4. The van der Waals surface area contributed by atoms with Crippen LogP contribution in [-0.2, 0) is 14.3 Å². The Balaban J connectivity index is 2.86. The van der Waals surface area contributed by atoms with Crippen molar-refractivity contribution in [2.24, 2.45) is 5.92 Å². The second-order valence-corrected chi connectivity index (χ2v) is 6.08. The summed E-state index contributed by atoms with van der Waals surface area (Å²) in [7, 11) is 2.95. The summed E-state index contributed by atoms with van der Waals surface area (Å²) in [6.45, 7) is 6.99. The lowest BCUT2D eigenvalue weighted by molar-refractivity contribution is -0.141. The largest absolute Gasteiger partial charge is 0.496 e. The van der Waals surface area contributed by atoms with Crippen molar-refractivity contribution < 1.29 is 19.1 Å². The Bertz CT molecular complexity index is 593. The quantitative estimate of drug-likeness (QED) is 0.542. The monoisotopic (exact) mass is 333 g/mol. The molecule has 0 aromatic heterocycles. The van der Waals surface area contributed by atoms with Gasteiger partial charge in [0.05, 0.1) is 20.6 Å². The number of aryl methyl sites for hydroxylation is 1. The van der Waals surface area contributed by atoms with Crippen molar-refractivity contribution in [1.82, 2.24) is 4.90 Å². The van der Waals surface area contributed by atoms with E-state index in [-0.39, 0.29) is 18.3 Å². The first-order chi connectivity index (χ1) is 11.4. The van der Waals surface area contributed by atoms with Gasteiger partial charge in [0.25, 0.3) is 0 Å². The molecular weight excluding hydrogens is 306 g/mol. The van der Waals surface area contributed by atoms with Crippen molar-refractivity contribution in [3.8, 4) is 5.75 Å². The number of carbonyl (C=O) groups excluding carboxylic acids is 2. The summed E-state index contributed by atoms with van der Waals surface area (Å²) in [5, 5.41) is 0. The molecule has 0 spiro atoms. The molecule has 5 heteroatoms. The standard InChI is InChI=1S/C19H27NO4/c1-14(2)13-20(11-10-19(22)24-5)18(21)9-7-16-12-15(3)6-8-17(16)23-4/h6-9,12,14H,10-11,13H2,1-5H3. The minimum Gasteiger partial charge on any atom is -0.496 e. The minimum atomic E-state index is -0.319. The second-order valence-electron chi connectivity index (χ2n) is 6.08. The maximum Gasteiger partial charge on any atom is 0.307 e. The summed E-state index contributed by atoms with van der Waals surface area (Å²) in [5.74, 6) is 0.583. The van der Waals surface area contributed by atoms with Crippen LogP contribution in [0.25, 0.3) is 6.08 Å². The molecule has 1 aromatic carbocycles. The predicted octanol–water partition coefficient (Wildman–Crippen LogP) is 3.06. The lowest BCUT2D eigenvalue weighted by atomic mass is 10.1. The first kappa shape index (κ1) is 19.7. The molecule has 0 bridgehead atoms. The molecule has 0 aliphatic rings. The summed E-state index contributed by atoms with van der Waals surface area (Å²) in [5.41, 5.74) is 1.94. The van der Waals surface area contributed by atoms with E-state index in [1.807, 2.05) is 39.0 Å². The average Bonchev–Trinajstić information content (AvgIpc) is 2.55. The molecule has 24 heavy (non-hydrogen) atoms. The van der Waals surface area contributed by atoms with Gasteiger partial charge in [-0.2, -0.15) is 0 Å². The highest BCUT2D eigenvalue weighted by atomic mass is 16.5. The number of carbonyl (C=O) groups is 2. The molecule has 132 valence electrons. The van der Waals surface area contributed by atoms with Crippen LogP contribution in [0.3, 0.4) is 0 Å². The van der Waals surface area contributed by atoms with E-state index in [0.717, 1.165) is 16.9 Å². The number of hydrogen-bond donors (Lipinski definition) is 0. The van der Waals surface area contributed by atoms with Crippen LogP contribution in [0, 0.1) is 12.8 Å². The van der Waals surface area contributed by atoms with Crippen LogP contribution in [0.4, 0.5) is 0 Å². The molecule has 0 N–H and O–H groups in total. The molecule has 0 heterocycles. The minimum absolute atomic E-state index is 0.129. The smallest absolute Gasteiger partial charge is 0.307 e. The Labute approximate surface area is 144 Å². The van der Waals surface area contributed by atoms with Crippen molar-refractivity contribution in [2.45, 2.75) is 27.2 Å². The fourth-order valence-electron chi connectivity index (χ4n) is 2.31. The third-order valence-corrected chi connectivity index (χ3v) is 3.50. The van der Waals surface area contributed by atoms with E-state index in [1.54, 1.807) is 18.1 Å². The van der Waals surface area contributed by atoms with Crippen LogP contribution in [-0.4, -0.2) is 44.1 Å². The van der Waals surface area contributed by atoms with Crippen molar-refractivity contribution in [1.29, 1.82) is 0 Å². The lowest BCUT2D eigenvalue weighted by Gasteiger charge is -2.22. The Hall–Kier alpha value is -2.30. The van der Waals surface area contributed by atoms with Crippen molar-refractivity contribution >= 4 is 18.0 Å². The second kappa shape index (κ2) is 9.75. The highest BCUT2D eigenvalue weighted by Crippen LogP contribution is 2.21. The Morgan fingerprint density at radius 1 is 1.25 bits per heavy atom. The molecule has 5 nitrogen and oxygen atoms in total. The average molecular weight is 333 g/mol. The van der Waals surface area contributed by atoms with Crippen molar-refractivity contribution in [2.75, 3.05) is 27.3 Å². The predicted molar refractivity (Wildman–Crippen MR) is 94.8 cm³/mol. The fraction of sp³-hybridized carbons (Fsp3) is 0.474. The maximum absolute atomic E-state index is 12.5. The zero-order valence-electron chi connectivity index (χ0n) is 15.2. The van der Waals surface area contributed by atoms with E-state index in [9.17, 15) is 9.59 Å². The number of ether oxygens (including phenoxy) is 2. The Morgan fingerprint density at radius 3 is 2.54 bits per heavy atom. The van der Waals surface area contributed by atoms with Crippen LogP contribution in [0.5, 0.6) is 5.75 Å². The number of amides is 1. The van der Waals surface area contributed by atoms with E-state index in [2.05, 4.69) is 4.74 Å². The van der Waals surface area contributed by atoms with E-state index in [0.29, 0.717) is 19.0 Å². The van der Waals surface area contributed by atoms with E-state index in [1.165, 1.54) is 13.2 Å². The Kier molecular flexibility index (Phi) is 8.02. The SMILES string of the molecule is COC(=O)CCN(CC(C)C)C(=O)C=Cc1cc(C)ccc1OC. The highest BCUT2D eigenvalue weighted by molar-refractivity contribution is 5.92. The van der Waals surface area contributed by atoms with Crippen LogP contribution in [0.2, 0.25) is 0 Å². The highest BCUT2D eigenvalue weighted by Gasteiger charge is 2.14. The number of hydrogen-bond acceptors (Lipinski definition) is 4. The zero-order chi connectivity index (χ0) is 18.1. The van der Waals surface area contributed by atoms with E-state index in [4.69, 9.17) is 4.74 Å². The van der Waals surface area contributed by atoms with E-state index >= 15 is 0 Å². The van der Waals surface area contributed by atoms with Crippen LogP contribution in [0.15, 0.2) is 24.3 Å². The molecule has 1 amide bonds. The van der Waals surface area contributed by atoms with Crippen LogP contribution < -0.4 is 4.74 Å². The van der Waals surface area contributed by atoms with Gasteiger partial charge in [-0.05, 0) is 31.1 Å². The van der Waals surface area contributed by atoms with Crippen LogP contribution in [0.1, 0.15) is 31.4 Å². The Morgan fingerprint density at radius 2 is 1.96 bits per heavy atom. The van der Waals surface area contributed by atoms with E-state index < -0.39 is 0 Å². The normalized spacial score (nSPS) is 10.9. The van der Waals surface area contributed by atoms with Gasteiger partial charge in [-0.1, -0.05) is 25.5 Å². The summed E-state index contributed by atoms with van der Waals surface area (Å²) >= 11 is 0. The molecule has 1 aromatic rings. The van der Waals surface area contributed by atoms with Gasteiger partial charge >= 0.3 is 5.97 Å². The number of esters is 1. The van der Waals surface area contributed by atoms with Gasteiger partial charge in [0.1, 0.15) is 5.75 Å². The van der Waals surface area contributed by atoms with Gasteiger partial charge in [0.15, 0.2) is 0 Å². The van der Waals surface area contributed by atoms with Gasteiger partial charge in [-0.3, -0.25) is 9.59 Å². The number of nitrogens with zero attached hydrogens (tertiary/aromatic N) is 1. The van der Waals surface area contributed by atoms with Crippen molar-refractivity contribution in [3.63, 3.8) is 0 Å². The van der Waals surface area contributed by atoms with Crippen LogP contribution >= 0.6 is 0 Å². The maximum atomic E-state index is 12.5. The molecule has 0 atom stereocenters. The number of methoxy groups -OCH3 is 2. The molecule has 0 saturated carbocycles. The summed E-state index contributed by atoms with van der Waals surface area (Å²) < 4.78 is 9.96. The van der Waals surface area contributed by atoms with Gasteiger partial charge in [0.2, 0.25) is 5.91 Å². The third kappa shape index (κ3) is 6.44. The van der Waals surface area contributed by atoms with Gasteiger partial charge < -0.3 is 14.4 Å². The summed E-state index contributed by atoms with van der Waals surface area (Å²) in [4.78, 5) is 25.5.